The van der Waals surface area contributed by atoms with E-state index in [1.54, 1.807) is 12.1 Å². The van der Waals surface area contributed by atoms with Gasteiger partial charge >= 0.3 is 5.97 Å². The van der Waals surface area contributed by atoms with Gasteiger partial charge in [0.15, 0.2) is 11.5 Å². The van der Waals surface area contributed by atoms with E-state index in [9.17, 15) is 9.90 Å². The van der Waals surface area contributed by atoms with Crippen LogP contribution in [0, 0.1) is 6.92 Å². The number of hydrogen-bond acceptors (Lipinski definition) is 6. The third kappa shape index (κ3) is 3.67. The third-order valence-corrected chi connectivity index (χ3v) is 4.10. The minimum absolute atomic E-state index is 0.0231. The molecule has 0 fully saturated rings. The van der Waals surface area contributed by atoms with Crippen LogP contribution in [0.5, 0.6) is 11.5 Å². The number of hydrazone groups is 1. The van der Waals surface area contributed by atoms with Crippen molar-refractivity contribution in [1.29, 1.82) is 0 Å². The predicted molar refractivity (Wildman–Crippen MR) is 104 cm³/mol. The van der Waals surface area contributed by atoms with Crippen molar-refractivity contribution in [2.45, 2.75) is 6.92 Å². The van der Waals surface area contributed by atoms with Gasteiger partial charge in [-0.1, -0.05) is 18.2 Å². The summed E-state index contributed by atoms with van der Waals surface area (Å²) < 4.78 is 10.3. The Morgan fingerprint density at radius 3 is 2.67 bits per heavy atom. The normalized spacial score (nSPS) is 10.9. The molecule has 0 saturated heterocycles. The number of carboxylic acids is 1. The van der Waals surface area contributed by atoms with Gasteiger partial charge in [-0.15, -0.1) is 0 Å². The van der Waals surface area contributed by atoms with Crippen LogP contribution in [-0.4, -0.2) is 36.5 Å². The monoisotopic (exact) mass is 365 g/mol. The van der Waals surface area contributed by atoms with Gasteiger partial charge in [0.25, 0.3) is 0 Å². The van der Waals surface area contributed by atoms with Crippen molar-refractivity contribution < 1.29 is 19.4 Å². The van der Waals surface area contributed by atoms with E-state index in [-0.39, 0.29) is 11.3 Å². The van der Waals surface area contributed by atoms with E-state index in [2.05, 4.69) is 15.5 Å². The maximum atomic E-state index is 11.7. The van der Waals surface area contributed by atoms with Crippen LogP contribution in [0.15, 0.2) is 47.6 Å². The summed E-state index contributed by atoms with van der Waals surface area (Å²) in [5.41, 5.74) is 5.13. The Morgan fingerprint density at radius 1 is 1.19 bits per heavy atom. The van der Waals surface area contributed by atoms with Gasteiger partial charge in [0.2, 0.25) is 0 Å². The number of pyridine rings is 1. The SMILES string of the molecule is COc1ccc(C=NNc2cc(C)c3ccccc3n2)c(C(=O)O)c1OC. The molecule has 7 heteroatoms. The highest BCUT2D eigenvalue weighted by Gasteiger charge is 2.20. The van der Waals surface area contributed by atoms with Crippen LogP contribution in [0.4, 0.5) is 5.82 Å². The number of fused-ring (bicyclic) bond motifs is 1. The zero-order valence-corrected chi connectivity index (χ0v) is 15.2. The quantitative estimate of drug-likeness (QED) is 0.511. The van der Waals surface area contributed by atoms with Gasteiger partial charge in [0, 0.05) is 10.9 Å². The van der Waals surface area contributed by atoms with Crippen molar-refractivity contribution in [3.63, 3.8) is 0 Å². The predicted octanol–water partition coefficient (Wildman–Crippen LogP) is 3.70. The molecule has 2 aromatic carbocycles. The number of carboxylic acid groups (broad SMARTS) is 1. The number of rotatable bonds is 6. The van der Waals surface area contributed by atoms with Gasteiger partial charge < -0.3 is 14.6 Å². The van der Waals surface area contributed by atoms with E-state index in [4.69, 9.17) is 9.47 Å². The number of aromatic nitrogens is 1. The minimum Gasteiger partial charge on any atom is -0.493 e. The van der Waals surface area contributed by atoms with E-state index < -0.39 is 5.97 Å². The number of anilines is 1. The second-order valence-corrected chi connectivity index (χ2v) is 5.78. The third-order valence-electron chi connectivity index (χ3n) is 4.10. The lowest BCUT2D eigenvalue weighted by atomic mass is 10.1. The number of ether oxygens (including phenoxy) is 2. The molecule has 1 aromatic heterocycles. The van der Waals surface area contributed by atoms with Gasteiger partial charge in [0.1, 0.15) is 11.4 Å². The molecule has 0 aliphatic heterocycles. The molecule has 0 saturated carbocycles. The number of para-hydroxylation sites is 1. The molecule has 0 bridgehead atoms. The van der Waals surface area contributed by atoms with Crippen LogP contribution < -0.4 is 14.9 Å². The number of aromatic carboxylic acids is 1. The Hall–Kier alpha value is -3.61. The Balaban J connectivity index is 1.92. The van der Waals surface area contributed by atoms with Crippen LogP contribution in [0.3, 0.4) is 0 Å². The lowest BCUT2D eigenvalue weighted by Gasteiger charge is -2.12. The molecule has 0 radical (unpaired) electrons. The highest BCUT2D eigenvalue weighted by Crippen LogP contribution is 2.33. The highest BCUT2D eigenvalue weighted by molar-refractivity contribution is 6.02. The smallest absolute Gasteiger partial charge is 0.340 e. The zero-order valence-electron chi connectivity index (χ0n) is 15.2. The first kappa shape index (κ1) is 18.2. The van der Waals surface area contributed by atoms with Crippen molar-refractivity contribution in [2.24, 2.45) is 5.10 Å². The van der Waals surface area contributed by atoms with Gasteiger partial charge in [-0.25, -0.2) is 9.78 Å². The fourth-order valence-electron chi connectivity index (χ4n) is 2.85. The van der Waals surface area contributed by atoms with Crippen molar-refractivity contribution >= 4 is 28.9 Å². The molecule has 7 nitrogen and oxygen atoms in total. The van der Waals surface area contributed by atoms with Gasteiger partial charge in [0.05, 0.1) is 26.0 Å². The van der Waals surface area contributed by atoms with E-state index in [1.165, 1.54) is 20.4 Å². The molecule has 138 valence electrons. The summed E-state index contributed by atoms with van der Waals surface area (Å²) in [6.45, 7) is 2.00. The Kier molecular flexibility index (Phi) is 5.21. The fraction of sp³-hybridized carbons (Fsp3) is 0.150. The molecule has 0 aliphatic carbocycles. The minimum atomic E-state index is -1.13. The lowest BCUT2D eigenvalue weighted by Crippen LogP contribution is -2.07. The first-order chi connectivity index (χ1) is 13.0. The number of methoxy groups -OCH3 is 2. The zero-order chi connectivity index (χ0) is 19.4. The number of nitrogens with one attached hydrogen (secondary N) is 1. The number of benzene rings is 2. The Bertz CT molecular complexity index is 1030. The van der Waals surface area contributed by atoms with E-state index in [0.717, 1.165) is 16.5 Å². The average molecular weight is 365 g/mol. The first-order valence-corrected chi connectivity index (χ1v) is 8.19. The number of carbonyl (C=O) groups is 1. The van der Waals surface area contributed by atoms with E-state index >= 15 is 0 Å². The molecule has 3 aromatic rings. The summed E-state index contributed by atoms with van der Waals surface area (Å²) in [6, 6.07) is 12.9. The summed E-state index contributed by atoms with van der Waals surface area (Å²) in [5, 5.41) is 14.7. The fourth-order valence-corrected chi connectivity index (χ4v) is 2.85. The lowest BCUT2D eigenvalue weighted by molar-refractivity contribution is 0.0692. The summed E-state index contributed by atoms with van der Waals surface area (Å²) in [7, 11) is 2.85. The maximum Gasteiger partial charge on any atom is 0.340 e. The van der Waals surface area contributed by atoms with Crippen molar-refractivity contribution in [3.8, 4) is 11.5 Å². The molecule has 3 rings (SSSR count). The van der Waals surface area contributed by atoms with Crippen molar-refractivity contribution in [2.75, 3.05) is 19.6 Å². The van der Waals surface area contributed by atoms with Gasteiger partial charge in [-0.2, -0.15) is 5.10 Å². The standard InChI is InChI=1S/C20H19N3O4/c1-12-10-17(22-15-7-5-4-6-14(12)15)23-21-11-13-8-9-16(26-2)19(27-3)18(13)20(24)25/h4-11H,1-3H3,(H,22,23)(H,24,25). The Morgan fingerprint density at radius 2 is 1.96 bits per heavy atom. The molecule has 0 amide bonds. The largest absolute Gasteiger partial charge is 0.493 e. The van der Waals surface area contributed by atoms with Crippen LogP contribution in [-0.2, 0) is 0 Å². The number of hydrogen-bond donors (Lipinski definition) is 2. The topological polar surface area (TPSA) is 93.0 Å². The molecular formula is C20H19N3O4. The van der Waals surface area contributed by atoms with Gasteiger partial charge in [-0.05, 0) is 36.8 Å². The second-order valence-electron chi connectivity index (χ2n) is 5.78. The van der Waals surface area contributed by atoms with Crippen LogP contribution in [0.1, 0.15) is 21.5 Å². The molecule has 0 aliphatic rings. The summed E-state index contributed by atoms with van der Waals surface area (Å²) in [5.74, 6) is -0.0767. The number of nitrogens with zero attached hydrogens (tertiary/aromatic N) is 2. The van der Waals surface area contributed by atoms with Crippen molar-refractivity contribution in [1.82, 2.24) is 4.98 Å². The molecule has 2 N–H and O–H groups in total. The average Bonchev–Trinajstić information content (AvgIpc) is 2.67. The van der Waals surface area contributed by atoms with Gasteiger partial charge in [-0.3, -0.25) is 5.43 Å². The highest BCUT2D eigenvalue weighted by atomic mass is 16.5. The van der Waals surface area contributed by atoms with Crippen molar-refractivity contribution in [3.05, 3.63) is 59.2 Å². The van der Waals surface area contributed by atoms with E-state index in [1.807, 2.05) is 37.3 Å². The second kappa shape index (κ2) is 7.74. The molecular weight excluding hydrogens is 346 g/mol. The van der Waals surface area contributed by atoms with Crippen LogP contribution in [0.2, 0.25) is 0 Å². The maximum absolute atomic E-state index is 11.7. The molecule has 27 heavy (non-hydrogen) atoms. The first-order valence-electron chi connectivity index (χ1n) is 8.19. The summed E-state index contributed by atoms with van der Waals surface area (Å²) in [4.78, 5) is 16.2. The summed E-state index contributed by atoms with van der Waals surface area (Å²) in [6.07, 6.45) is 1.41. The molecule has 0 spiro atoms. The number of aryl methyl sites for hydroxylation is 1. The molecule has 0 atom stereocenters. The van der Waals surface area contributed by atoms with Crippen LogP contribution in [0.25, 0.3) is 10.9 Å². The van der Waals surface area contributed by atoms with Crippen LogP contribution >= 0.6 is 0 Å². The molecule has 1 heterocycles. The van der Waals surface area contributed by atoms with E-state index in [0.29, 0.717) is 17.1 Å². The Labute approximate surface area is 156 Å². The summed E-state index contributed by atoms with van der Waals surface area (Å²) >= 11 is 0. The molecule has 0 unspecified atom stereocenters.